The van der Waals surface area contributed by atoms with Crippen molar-refractivity contribution in [1.29, 1.82) is 5.26 Å². The number of nitriles is 1. The Kier molecular flexibility index (Phi) is 3.67. The Morgan fingerprint density at radius 2 is 1.90 bits per heavy atom. The monoisotopic (exact) mass is 276 g/mol. The van der Waals surface area contributed by atoms with E-state index >= 15 is 0 Å². The summed E-state index contributed by atoms with van der Waals surface area (Å²) in [7, 11) is 0. The van der Waals surface area contributed by atoms with Gasteiger partial charge in [0.25, 0.3) is 0 Å². The predicted octanol–water partition coefficient (Wildman–Crippen LogP) is 4.40. The summed E-state index contributed by atoms with van der Waals surface area (Å²) in [6.07, 6.45) is 0. The molecule has 2 aromatic carbocycles. The summed E-state index contributed by atoms with van der Waals surface area (Å²) in [5.74, 6) is 0.820. The number of fused-ring (bicyclic) bond motifs is 1. The van der Waals surface area contributed by atoms with Crippen LogP contribution in [0.25, 0.3) is 10.9 Å². The third-order valence-corrected chi connectivity index (χ3v) is 4.02. The summed E-state index contributed by atoms with van der Waals surface area (Å²) in [6.45, 7) is 0. The molecule has 0 aliphatic heterocycles. The molecular formula is C17H12N2S. The van der Waals surface area contributed by atoms with Crippen molar-refractivity contribution in [2.75, 3.05) is 0 Å². The first-order valence-corrected chi connectivity index (χ1v) is 7.31. The molecule has 0 saturated carbocycles. The van der Waals surface area contributed by atoms with Gasteiger partial charge < -0.3 is 0 Å². The lowest BCUT2D eigenvalue weighted by Crippen LogP contribution is -1.85. The first kappa shape index (κ1) is 12.7. The number of benzene rings is 2. The zero-order valence-electron chi connectivity index (χ0n) is 10.8. The smallest absolute Gasteiger partial charge is 0.0991 e. The van der Waals surface area contributed by atoms with Crippen molar-refractivity contribution in [3.05, 3.63) is 71.8 Å². The van der Waals surface area contributed by atoms with E-state index in [1.54, 1.807) is 11.8 Å². The highest BCUT2D eigenvalue weighted by atomic mass is 32.2. The third-order valence-electron chi connectivity index (χ3n) is 3.02. The fraction of sp³-hybridized carbons (Fsp3) is 0.0588. The van der Waals surface area contributed by atoms with Gasteiger partial charge in [0.05, 0.1) is 22.2 Å². The number of pyridine rings is 1. The van der Waals surface area contributed by atoms with Crippen LogP contribution >= 0.6 is 11.8 Å². The number of rotatable bonds is 3. The molecule has 0 unspecified atom stereocenters. The van der Waals surface area contributed by atoms with E-state index in [2.05, 4.69) is 23.2 Å². The minimum Gasteiger partial charge on any atom is -0.241 e. The number of aromatic nitrogens is 1. The maximum atomic E-state index is 8.90. The van der Waals surface area contributed by atoms with Crippen LogP contribution in [0, 0.1) is 11.3 Å². The molecule has 0 bridgehead atoms. The van der Waals surface area contributed by atoms with Crippen LogP contribution in [-0.4, -0.2) is 4.98 Å². The second-order valence-electron chi connectivity index (χ2n) is 4.44. The van der Waals surface area contributed by atoms with Gasteiger partial charge in [0.15, 0.2) is 0 Å². The van der Waals surface area contributed by atoms with Crippen LogP contribution < -0.4 is 0 Å². The lowest BCUT2D eigenvalue weighted by molar-refractivity contribution is 1.18. The molecule has 0 saturated heterocycles. The summed E-state index contributed by atoms with van der Waals surface area (Å²) in [4.78, 5) is 4.63. The fourth-order valence-corrected chi connectivity index (χ4v) is 2.84. The van der Waals surface area contributed by atoms with Crippen molar-refractivity contribution in [2.24, 2.45) is 0 Å². The van der Waals surface area contributed by atoms with Gasteiger partial charge in [-0.25, -0.2) is 4.98 Å². The molecular weight excluding hydrogens is 264 g/mol. The molecule has 0 atom stereocenters. The Balaban J connectivity index is 1.78. The third kappa shape index (κ3) is 2.81. The highest BCUT2D eigenvalue weighted by Crippen LogP contribution is 2.23. The van der Waals surface area contributed by atoms with Crippen LogP contribution in [0.2, 0.25) is 0 Å². The molecule has 0 fully saturated rings. The molecule has 0 spiro atoms. The Morgan fingerprint density at radius 1 is 1.00 bits per heavy atom. The van der Waals surface area contributed by atoms with Gasteiger partial charge in [-0.15, -0.1) is 11.8 Å². The summed E-state index contributed by atoms with van der Waals surface area (Å²) >= 11 is 1.69. The molecule has 0 aliphatic carbocycles. The van der Waals surface area contributed by atoms with E-state index in [-0.39, 0.29) is 0 Å². The predicted molar refractivity (Wildman–Crippen MR) is 82.5 cm³/mol. The summed E-state index contributed by atoms with van der Waals surface area (Å²) < 4.78 is 0. The topological polar surface area (TPSA) is 36.7 Å². The highest BCUT2D eigenvalue weighted by molar-refractivity contribution is 7.98. The number of para-hydroxylation sites is 1. The molecule has 3 rings (SSSR count). The van der Waals surface area contributed by atoms with Gasteiger partial charge in [-0.2, -0.15) is 5.26 Å². The quantitative estimate of drug-likeness (QED) is 0.665. The fourth-order valence-electron chi connectivity index (χ4n) is 2.02. The number of thioether (sulfide) groups is 1. The van der Waals surface area contributed by atoms with E-state index in [1.165, 1.54) is 0 Å². The summed E-state index contributed by atoms with van der Waals surface area (Å²) in [5.41, 5.74) is 2.86. The lowest BCUT2D eigenvalue weighted by atomic mass is 10.2. The molecule has 3 aromatic rings. The second kappa shape index (κ2) is 5.77. The van der Waals surface area contributed by atoms with Gasteiger partial charge in [0.2, 0.25) is 0 Å². The van der Waals surface area contributed by atoms with E-state index in [4.69, 9.17) is 5.26 Å². The van der Waals surface area contributed by atoms with Crippen molar-refractivity contribution in [1.82, 2.24) is 4.98 Å². The summed E-state index contributed by atoms with van der Waals surface area (Å²) in [6, 6.07) is 22.1. The van der Waals surface area contributed by atoms with Crippen LogP contribution in [0.4, 0.5) is 0 Å². The molecule has 0 N–H and O–H groups in total. The zero-order chi connectivity index (χ0) is 13.8. The number of nitrogens with zero attached hydrogens (tertiary/aromatic N) is 2. The maximum Gasteiger partial charge on any atom is 0.0991 e. The van der Waals surface area contributed by atoms with E-state index < -0.39 is 0 Å². The molecule has 1 aromatic heterocycles. The van der Waals surface area contributed by atoms with Gasteiger partial charge in [-0.3, -0.25) is 0 Å². The standard InChI is InChI=1S/C17H12N2S/c18-11-13-4-3-5-14(10-13)12-20-17-9-8-15-6-1-2-7-16(15)19-17/h1-10H,12H2. The number of hydrogen-bond acceptors (Lipinski definition) is 3. The normalized spacial score (nSPS) is 10.3. The van der Waals surface area contributed by atoms with Crippen LogP contribution in [-0.2, 0) is 5.75 Å². The van der Waals surface area contributed by atoms with Crippen LogP contribution in [0.15, 0.2) is 65.7 Å². The summed E-state index contributed by atoms with van der Waals surface area (Å²) in [5, 5.41) is 11.1. The SMILES string of the molecule is N#Cc1cccc(CSc2ccc3ccccc3n2)c1. The molecule has 20 heavy (non-hydrogen) atoms. The van der Waals surface area contributed by atoms with Crippen LogP contribution in [0.1, 0.15) is 11.1 Å². The van der Waals surface area contributed by atoms with Crippen molar-refractivity contribution < 1.29 is 0 Å². The van der Waals surface area contributed by atoms with Gasteiger partial charge in [0, 0.05) is 11.1 Å². The Morgan fingerprint density at radius 3 is 2.80 bits per heavy atom. The van der Waals surface area contributed by atoms with Crippen LogP contribution in [0.5, 0.6) is 0 Å². The molecule has 1 heterocycles. The van der Waals surface area contributed by atoms with Gasteiger partial charge >= 0.3 is 0 Å². The average molecular weight is 276 g/mol. The Hall–Kier alpha value is -2.31. The van der Waals surface area contributed by atoms with Crippen molar-refractivity contribution in [3.8, 4) is 6.07 Å². The van der Waals surface area contributed by atoms with Crippen molar-refractivity contribution in [3.63, 3.8) is 0 Å². The maximum absolute atomic E-state index is 8.90. The first-order valence-electron chi connectivity index (χ1n) is 6.33. The largest absolute Gasteiger partial charge is 0.241 e. The van der Waals surface area contributed by atoms with Gasteiger partial charge in [0.1, 0.15) is 0 Å². The molecule has 96 valence electrons. The Bertz CT molecular complexity index is 790. The van der Waals surface area contributed by atoms with Crippen LogP contribution in [0.3, 0.4) is 0 Å². The zero-order valence-corrected chi connectivity index (χ0v) is 11.6. The van der Waals surface area contributed by atoms with Gasteiger partial charge in [-0.05, 0) is 29.8 Å². The molecule has 3 heteroatoms. The molecule has 0 radical (unpaired) electrons. The molecule has 0 amide bonds. The first-order chi connectivity index (χ1) is 9.85. The Labute approximate surface area is 122 Å². The minimum absolute atomic E-state index is 0.703. The minimum atomic E-state index is 0.703. The van der Waals surface area contributed by atoms with Crippen molar-refractivity contribution >= 4 is 22.7 Å². The average Bonchev–Trinajstić information content (AvgIpc) is 2.53. The van der Waals surface area contributed by atoms with Gasteiger partial charge in [-0.1, -0.05) is 36.4 Å². The highest BCUT2D eigenvalue weighted by Gasteiger charge is 2.01. The molecule has 2 nitrogen and oxygen atoms in total. The number of hydrogen-bond donors (Lipinski definition) is 0. The van der Waals surface area contributed by atoms with Crippen molar-refractivity contribution in [2.45, 2.75) is 10.8 Å². The second-order valence-corrected chi connectivity index (χ2v) is 5.44. The van der Waals surface area contributed by atoms with E-state index in [9.17, 15) is 0 Å². The van der Waals surface area contributed by atoms with E-state index in [1.807, 2.05) is 48.5 Å². The lowest BCUT2D eigenvalue weighted by Gasteiger charge is -2.03. The molecule has 0 aliphatic rings. The van der Waals surface area contributed by atoms with E-state index in [0.29, 0.717) is 5.56 Å². The van der Waals surface area contributed by atoms with E-state index in [0.717, 1.165) is 27.2 Å².